The molecule has 5 heavy (non-hydrogen) atoms. The molecule has 0 fully saturated rings. The Morgan fingerprint density at radius 3 is 1.40 bits per heavy atom. The van der Waals surface area contributed by atoms with Gasteiger partial charge in [0.05, 0.1) is 0 Å². The van der Waals surface area contributed by atoms with Crippen molar-refractivity contribution in [2.45, 2.75) is 0 Å². The molecule has 0 rings (SSSR count). The average molecular weight is 206 g/mol. The molecule has 0 amide bonds. The monoisotopic (exact) mass is 204 g/mol. The maximum Gasteiger partial charge on any atom is 0 e. The Bertz CT molecular complexity index is 14.4. The van der Waals surface area contributed by atoms with Gasteiger partial charge in [0.15, 0.2) is 0 Å². The average Bonchev–Trinajstić information content (AvgIpc) is 0.811. The molecule has 2 radical (unpaired) electrons. The molecule has 0 aliphatic rings. The van der Waals surface area contributed by atoms with Gasteiger partial charge in [-0.1, -0.05) is 0 Å². The summed E-state index contributed by atoms with van der Waals surface area (Å²) in [6.45, 7) is 0. The Hall–Kier alpha value is 1.35. The molecule has 0 aliphatic carbocycles. The van der Waals surface area contributed by atoms with Gasteiger partial charge < -0.3 is 0 Å². The summed E-state index contributed by atoms with van der Waals surface area (Å²) < 4.78 is 0. The molecule has 0 aromatic heterocycles. The van der Waals surface area contributed by atoms with Crippen LogP contribution >= 0.6 is 24.1 Å². The van der Waals surface area contributed by atoms with Crippen LogP contribution in [0.5, 0.6) is 0 Å². The van der Waals surface area contributed by atoms with E-state index in [0.29, 0.717) is 9.33 Å². The van der Waals surface area contributed by atoms with Gasteiger partial charge in [-0.15, -0.1) is 9.33 Å². The van der Waals surface area contributed by atoms with Crippen LogP contribution in [0.2, 0.25) is 0 Å². The second-order valence-corrected chi connectivity index (χ2v) is 6.04. The summed E-state index contributed by atoms with van der Waals surface area (Å²) in [4.78, 5) is 0. The summed E-state index contributed by atoms with van der Waals surface area (Å²) in [7, 11) is 0.451. The van der Waals surface area contributed by atoms with E-state index in [1.165, 1.54) is 0 Å². The van der Waals surface area contributed by atoms with Crippen molar-refractivity contribution >= 4 is 24.1 Å². The molecular formula is C2H6BrCuS. The van der Waals surface area contributed by atoms with E-state index in [9.17, 15) is 0 Å². The first-order valence-corrected chi connectivity index (χ1v) is 4.85. The van der Waals surface area contributed by atoms with Crippen molar-refractivity contribution in [3.63, 3.8) is 0 Å². The van der Waals surface area contributed by atoms with Crippen LogP contribution in [-0.2, 0) is 17.1 Å². The summed E-state index contributed by atoms with van der Waals surface area (Å²) >= 11 is 3.30. The van der Waals surface area contributed by atoms with Gasteiger partial charge in [-0.05, 0) is 27.3 Å². The molecule has 38 valence electrons. The zero-order chi connectivity index (χ0) is 3.58. The van der Waals surface area contributed by atoms with Gasteiger partial charge in [-0.2, -0.15) is 0 Å². The fourth-order valence-corrected chi connectivity index (χ4v) is 0. The van der Waals surface area contributed by atoms with E-state index < -0.39 is 0 Å². The molecule has 0 bridgehead atoms. The fourth-order valence-electron chi connectivity index (χ4n) is 0. The van der Waals surface area contributed by atoms with Crippen molar-refractivity contribution < 1.29 is 17.1 Å². The number of hydrogen-bond acceptors (Lipinski definition) is 0. The van der Waals surface area contributed by atoms with Crippen LogP contribution in [0.15, 0.2) is 0 Å². The first-order valence-electron chi connectivity index (χ1n) is 0.971. The van der Waals surface area contributed by atoms with E-state index in [4.69, 9.17) is 0 Å². The van der Waals surface area contributed by atoms with Crippen molar-refractivity contribution in [2.24, 2.45) is 0 Å². The minimum atomic E-state index is 0. The Balaban J connectivity index is 0. The van der Waals surface area contributed by atoms with Crippen molar-refractivity contribution in [3.8, 4) is 0 Å². The Labute approximate surface area is 53.7 Å². The van der Waals surface area contributed by atoms with Crippen LogP contribution in [0.3, 0.4) is 0 Å². The van der Waals surface area contributed by atoms with E-state index in [2.05, 4.69) is 27.3 Å². The van der Waals surface area contributed by atoms with Crippen molar-refractivity contribution in [2.75, 3.05) is 12.5 Å². The quantitative estimate of drug-likeness (QED) is 0.530. The Morgan fingerprint density at radius 2 is 1.40 bits per heavy atom. The summed E-state index contributed by atoms with van der Waals surface area (Å²) in [6.07, 6.45) is 4.22. The second-order valence-electron chi connectivity index (χ2n) is 0.717. The largest absolute Gasteiger partial charge is 0.148 e. The van der Waals surface area contributed by atoms with Crippen LogP contribution in [0.25, 0.3) is 0 Å². The molecular weight excluding hydrogens is 200 g/mol. The predicted octanol–water partition coefficient (Wildman–Crippen LogP) is 1.82. The Morgan fingerprint density at radius 1 is 1.40 bits per heavy atom. The zero-order valence-corrected chi connectivity index (χ0v) is 6.43. The first kappa shape index (κ1) is 9.60. The molecule has 0 aliphatic heterocycles. The van der Waals surface area contributed by atoms with Gasteiger partial charge in [-0.3, -0.25) is 0 Å². The van der Waals surface area contributed by atoms with Crippen LogP contribution in [0.4, 0.5) is 0 Å². The summed E-state index contributed by atoms with van der Waals surface area (Å²) in [6, 6.07) is 0. The standard InChI is InChI=1S/C2H6BrS.Cu/c1-4(2)3;/h1-2H3;. The van der Waals surface area contributed by atoms with Crippen LogP contribution in [0.1, 0.15) is 0 Å². The summed E-state index contributed by atoms with van der Waals surface area (Å²) in [5.41, 5.74) is 0. The zero-order valence-electron chi connectivity index (χ0n) is 3.09. The third kappa shape index (κ3) is 33.0. The molecule has 0 unspecified atom stereocenters. The van der Waals surface area contributed by atoms with Gasteiger partial charge >= 0.3 is 0 Å². The third-order valence-electron chi connectivity index (χ3n) is 0. The van der Waals surface area contributed by atoms with Gasteiger partial charge in [0.1, 0.15) is 0 Å². The van der Waals surface area contributed by atoms with Crippen molar-refractivity contribution in [1.82, 2.24) is 0 Å². The molecule has 0 heterocycles. The van der Waals surface area contributed by atoms with Crippen molar-refractivity contribution in [1.29, 1.82) is 0 Å². The minimum absolute atomic E-state index is 0. The van der Waals surface area contributed by atoms with E-state index in [-0.39, 0.29) is 17.1 Å². The molecule has 0 atom stereocenters. The fraction of sp³-hybridized carbons (Fsp3) is 1.00. The van der Waals surface area contributed by atoms with Crippen LogP contribution < -0.4 is 0 Å². The Kier molecular flexibility index (Phi) is 10.3. The number of rotatable bonds is 0. The van der Waals surface area contributed by atoms with Crippen LogP contribution in [0, 0.1) is 0 Å². The van der Waals surface area contributed by atoms with Crippen molar-refractivity contribution in [3.05, 3.63) is 0 Å². The van der Waals surface area contributed by atoms with Gasteiger partial charge in [0.2, 0.25) is 0 Å². The topological polar surface area (TPSA) is 0 Å². The summed E-state index contributed by atoms with van der Waals surface area (Å²) in [5.74, 6) is 0. The second kappa shape index (κ2) is 5.35. The van der Waals surface area contributed by atoms with E-state index >= 15 is 0 Å². The molecule has 0 N–H and O–H groups in total. The normalized spacial score (nSPS) is 7.20. The van der Waals surface area contributed by atoms with E-state index in [1.54, 1.807) is 0 Å². The molecule has 0 nitrogen and oxygen atoms in total. The van der Waals surface area contributed by atoms with Gasteiger partial charge in [0, 0.05) is 17.1 Å². The molecule has 0 saturated carbocycles. The third-order valence-corrected chi connectivity index (χ3v) is 0. The first-order chi connectivity index (χ1) is 1.73. The minimum Gasteiger partial charge on any atom is -0.148 e. The number of halogens is 1. The SMILES string of the molecule is C[S](C)Br.[Cu]. The van der Waals surface area contributed by atoms with Gasteiger partial charge in [0.25, 0.3) is 0 Å². The maximum absolute atomic E-state index is 3.30. The van der Waals surface area contributed by atoms with Crippen LogP contribution in [-0.4, -0.2) is 12.5 Å². The molecule has 0 aromatic carbocycles. The summed E-state index contributed by atoms with van der Waals surface area (Å²) in [5, 5.41) is 0. The number of hydrogen-bond donors (Lipinski definition) is 0. The van der Waals surface area contributed by atoms with Gasteiger partial charge in [-0.25, -0.2) is 0 Å². The molecule has 0 spiro atoms. The molecule has 3 heteroatoms. The predicted molar refractivity (Wildman–Crippen MR) is 28.4 cm³/mol. The van der Waals surface area contributed by atoms with E-state index in [1.807, 2.05) is 0 Å². The maximum atomic E-state index is 3.30. The molecule has 0 aromatic rings. The molecule has 0 saturated heterocycles. The smallest absolute Gasteiger partial charge is 0 e. The van der Waals surface area contributed by atoms with E-state index in [0.717, 1.165) is 0 Å².